The lowest BCUT2D eigenvalue weighted by molar-refractivity contribution is -0.147. The van der Waals surface area contributed by atoms with Crippen molar-refractivity contribution in [3.63, 3.8) is 0 Å². The first-order valence-corrected chi connectivity index (χ1v) is 18.0. The van der Waals surface area contributed by atoms with Crippen molar-refractivity contribution in [2.45, 2.75) is 117 Å². The van der Waals surface area contributed by atoms with Gasteiger partial charge in [0.1, 0.15) is 25.0 Å². The normalized spacial score (nSPS) is 18.8. The number of nitrogens with zero attached hydrogens (tertiary/aromatic N) is 3. The van der Waals surface area contributed by atoms with E-state index in [1.165, 1.54) is 11.9 Å². The van der Waals surface area contributed by atoms with Crippen molar-refractivity contribution in [2.75, 3.05) is 34.9 Å². The maximum Gasteiger partial charge on any atom is 0.410 e. The third-order valence-electron chi connectivity index (χ3n) is 10.1. The molecule has 1 heterocycles. The average molecular weight is 703 g/mol. The van der Waals surface area contributed by atoms with Crippen LogP contribution in [-0.2, 0) is 40.0 Å². The topological polar surface area (TPSA) is 135 Å². The number of likely N-dealkylation sites (N-methyl/N-ethyl adjacent to an activating group) is 2. The first kappa shape index (κ1) is 42.7. The summed E-state index contributed by atoms with van der Waals surface area (Å²) in [6, 6.07) is 6.78. The molecule has 1 aromatic carbocycles. The molecule has 1 aromatic rings. The Labute approximate surface area is 299 Å². The first-order chi connectivity index (χ1) is 23.6. The molecule has 2 rings (SSSR count). The number of hydrogen-bond acceptors (Lipinski definition) is 8. The number of likely N-dealkylation sites (tertiary alicyclic amines) is 1. The van der Waals surface area contributed by atoms with Crippen LogP contribution in [0.3, 0.4) is 0 Å². The molecule has 1 aliphatic rings. The van der Waals surface area contributed by atoms with Crippen LogP contribution in [0.15, 0.2) is 30.3 Å². The maximum absolute atomic E-state index is 14.3. The molecule has 1 fully saturated rings. The van der Waals surface area contributed by atoms with Gasteiger partial charge >= 0.3 is 6.09 Å². The van der Waals surface area contributed by atoms with E-state index in [1.807, 2.05) is 71.9 Å². The summed E-state index contributed by atoms with van der Waals surface area (Å²) in [5.74, 6) is -1.87. The zero-order valence-corrected chi connectivity index (χ0v) is 32.1. The predicted molar refractivity (Wildman–Crippen MR) is 192 cm³/mol. The molecule has 50 heavy (non-hydrogen) atoms. The Hall–Kier alpha value is -3.51. The Morgan fingerprint density at radius 3 is 2.12 bits per heavy atom. The van der Waals surface area contributed by atoms with E-state index in [0.29, 0.717) is 6.54 Å². The molecule has 0 aliphatic carbocycles. The molecule has 12 heteroatoms. The lowest BCUT2D eigenvalue weighted by Crippen LogP contribution is -2.60. The molecule has 8 atom stereocenters. The second-order valence-electron chi connectivity index (χ2n) is 14.4. The number of carbonyl (C=O) groups is 5. The number of carbonyl (C=O) groups excluding carboxylic acids is 5. The van der Waals surface area contributed by atoms with Crippen LogP contribution in [0.2, 0.25) is 0 Å². The van der Waals surface area contributed by atoms with E-state index in [2.05, 4.69) is 5.32 Å². The Kier molecular flexibility index (Phi) is 17.4. The summed E-state index contributed by atoms with van der Waals surface area (Å²) in [6.07, 6.45) is 1.47. The largest absolute Gasteiger partial charge is 0.445 e. The van der Waals surface area contributed by atoms with Crippen LogP contribution in [0.5, 0.6) is 0 Å². The minimum Gasteiger partial charge on any atom is -0.445 e. The quantitative estimate of drug-likeness (QED) is 0.208. The molecule has 1 aliphatic heterocycles. The zero-order valence-electron chi connectivity index (χ0n) is 32.1. The summed E-state index contributed by atoms with van der Waals surface area (Å²) in [5, 5.41) is 2.95. The van der Waals surface area contributed by atoms with Gasteiger partial charge in [0.25, 0.3) is 0 Å². The predicted octanol–water partition coefficient (Wildman–Crippen LogP) is 4.54. The number of nitrogens with one attached hydrogen (secondary N) is 1. The molecule has 0 bridgehead atoms. The van der Waals surface area contributed by atoms with Crippen LogP contribution in [0.1, 0.15) is 79.7 Å². The smallest absolute Gasteiger partial charge is 0.410 e. The van der Waals surface area contributed by atoms with Crippen LogP contribution >= 0.6 is 0 Å². The van der Waals surface area contributed by atoms with E-state index in [9.17, 15) is 24.0 Å². The van der Waals surface area contributed by atoms with Crippen molar-refractivity contribution < 1.29 is 38.2 Å². The van der Waals surface area contributed by atoms with Crippen LogP contribution in [0.4, 0.5) is 4.79 Å². The third kappa shape index (κ3) is 11.0. The summed E-state index contributed by atoms with van der Waals surface area (Å²) in [6.45, 7) is 13.8. The van der Waals surface area contributed by atoms with Crippen molar-refractivity contribution in [1.29, 1.82) is 0 Å². The van der Waals surface area contributed by atoms with Gasteiger partial charge in [0.2, 0.25) is 17.7 Å². The lowest BCUT2D eigenvalue weighted by Gasteiger charge is -2.41. The highest BCUT2D eigenvalue weighted by Crippen LogP contribution is 2.29. The van der Waals surface area contributed by atoms with E-state index in [-0.39, 0.29) is 54.6 Å². The monoisotopic (exact) mass is 702 g/mol. The molecule has 0 radical (unpaired) electrons. The second kappa shape index (κ2) is 20.4. The van der Waals surface area contributed by atoms with Crippen molar-refractivity contribution in [1.82, 2.24) is 20.0 Å². The van der Waals surface area contributed by atoms with Crippen molar-refractivity contribution >= 4 is 30.1 Å². The van der Waals surface area contributed by atoms with E-state index >= 15 is 0 Å². The van der Waals surface area contributed by atoms with Crippen LogP contribution in [-0.4, -0.2) is 116 Å². The third-order valence-corrected chi connectivity index (χ3v) is 10.1. The Balaban J connectivity index is 2.26. The Morgan fingerprint density at radius 2 is 1.60 bits per heavy atom. The summed E-state index contributed by atoms with van der Waals surface area (Å²) in [7, 11) is 6.32. The number of methoxy groups -OCH3 is 2. The fourth-order valence-corrected chi connectivity index (χ4v) is 7.09. The molecule has 12 nitrogen and oxygen atoms in total. The first-order valence-electron chi connectivity index (χ1n) is 18.0. The molecule has 0 spiro atoms. The number of rotatable bonds is 19. The lowest BCUT2D eigenvalue weighted by atomic mass is 9.89. The highest BCUT2D eigenvalue weighted by Gasteiger charge is 2.42. The van der Waals surface area contributed by atoms with Crippen LogP contribution in [0.25, 0.3) is 0 Å². The highest BCUT2D eigenvalue weighted by atomic mass is 16.6. The van der Waals surface area contributed by atoms with Gasteiger partial charge in [0.15, 0.2) is 0 Å². The standard InChI is InChI=1S/C38H62N4O8/c1-12-26(6)34(30(48-10)21-31(44)42-20-16-19-29(42)35(49-11)27(7)22-43)40(8)37(46)32(24(2)3)39-36(45)33(25(4)5)41(9)38(47)50-23-28-17-14-13-15-18-28/h13-15,17-18,22,24-27,29-30,32-35H,12,16,19-21,23H2,1-11H3,(H,39,45)/t26-,27-,29-,30+,32-,33-,34-,35+/m0/s1. The zero-order chi connectivity index (χ0) is 37.7. The summed E-state index contributed by atoms with van der Waals surface area (Å²) >= 11 is 0. The molecule has 1 saturated heterocycles. The second-order valence-corrected chi connectivity index (χ2v) is 14.4. The van der Waals surface area contributed by atoms with E-state index in [1.54, 1.807) is 38.0 Å². The van der Waals surface area contributed by atoms with E-state index in [4.69, 9.17) is 14.2 Å². The van der Waals surface area contributed by atoms with Crippen LogP contribution < -0.4 is 5.32 Å². The number of hydrogen-bond donors (Lipinski definition) is 1. The molecule has 1 N–H and O–H groups in total. The molecular weight excluding hydrogens is 640 g/mol. The summed E-state index contributed by atoms with van der Waals surface area (Å²) in [5.41, 5.74) is 0.826. The van der Waals surface area contributed by atoms with Gasteiger partial charge in [-0.2, -0.15) is 0 Å². The van der Waals surface area contributed by atoms with Gasteiger partial charge in [0, 0.05) is 40.8 Å². The van der Waals surface area contributed by atoms with Gasteiger partial charge in [-0.1, -0.05) is 85.2 Å². The van der Waals surface area contributed by atoms with Crippen molar-refractivity contribution in [3.05, 3.63) is 35.9 Å². The molecule has 0 aromatic heterocycles. The van der Waals surface area contributed by atoms with Gasteiger partial charge in [-0.15, -0.1) is 0 Å². The average Bonchev–Trinajstić information content (AvgIpc) is 3.58. The molecule has 0 saturated carbocycles. The highest BCUT2D eigenvalue weighted by molar-refractivity contribution is 5.91. The van der Waals surface area contributed by atoms with Crippen molar-refractivity contribution in [3.8, 4) is 0 Å². The number of amides is 4. The Morgan fingerprint density at radius 1 is 0.960 bits per heavy atom. The van der Waals surface area contributed by atoms with Gasteiger partial charge in [0.05, 0.1) is 30.7 Å². The van der Waals surface area contributed by atoms with Gasteiger partial charge in [-0.3, -0.25) is 19.3 Å². The van der Waals surface area contributed by atoms with Gasteiger partial charge < -0.3 is 34.1 Å². The van der Waals surface area contributed by atoms with Crippen molar-refractivity contribution in [2.24, 2.45) is 23.7 Å². The minimum atomic E-state index is -0.905. The fraction of sp³-hybridized carbons (Fsp3) is 0.711. The maximum atomic E-state index is 14.3. The summed E-state index contributed by atoms with van der Waals surface area (Å²) in [4.78, 5) is 71.2. The van der Waals surface area contributed by atoms with E-state index in [0.717, 1.165) is 31.1 Å². The SMILES string of the molecule is CC[C@H](C)[C@@H]([C@@H](CC(=O)N1CCC[C@H]1[C@H](OC)[C@@H](C)C=O)OC)N(C)C(=O)[C@@H](NC(=O)[C@H](C(C)C)N(C)C(=O)OCc1ccccc1)C(C)C. The molecule has 282 valence electrons. The summed E-state index contributed by atoms with van der Waals surface area (Å²) < 4.78 is 17.1. The van der Waals surface area contributed by atoms with Gasteiger partial charge in [-0.25, -0.2) is 4.79 Å². The molecule has 4 amide bonds. The fourth-order valence-electron chi connectivity index (χ4n) is 7.09. The molecule has 0 unspecified atom stereocenters. The van der Waals surface area contributed by atoms with Gasteiger partial charge in [-0.05, 0) is 36.2 Å². The number of ether oxygens (including phenoxy) is 3. The van der Waals surface area contributed by atoms with Crippen LogP contribution in [0, 0.1) is 23.7 Å². The van der Waals surface area contributed by atoms with E-state index < -0.39 is 42.3 Å². The molecular formula is C38H62N4O8. The number of benzene rings is 1. The minimum absolute atomic E-state index is 0.0372. The Bertz CT molecular complexity index is 1240. The number of aldehydes is 1.